The number of alkyl carbamates (subject to hydrolysis) is 1. The van der Waals surface area contributed by atoms with Crippen LogP contribution in [0.1, 0.15) is 46.7 Å². The van der Waals surface area contributed by atoms with E-state index < -0.39 is 11.7 Å². The number of pyridine rings is 2. The number of ether oxygens (including phenoxy) is 2. The zero-order valence-electron chi connectivity index (χ0n) is 20.3. The molecule has 0 aliphatic heterocycles. The van der Waals surface area contributed by atoms with Crippen LogP contribution in [0.4, 0.5) is 4.79 Å². The first-order valence-corrected chi connectivity index (χ1v) is 11.9. The fourth-order valence-electron chi connectivity index (χ4n) is 3.96. The number of carbonyl (C=O) groups is 1. The number of aryl methyl sites for hydroxylation is 2. The van der Waals surface area contributed by atoms with E-state index >= 15 is 0 Å². The van der Waals surface area contributed by atoms with Crippen LogP contribution in [0, 0.1) is 12.8 Å². The lowest BCUT2D eigenvalue weighted by molar-refractivity contribution is 0.0500. The summed E-state index contributed by atoms with van der Waals surface area (Å²) in [4.78, 5) is 29.2. The lowest BCUT2D eigenvalue weighted by Crippen LogP contribution is -2.38. The minimum atomic E-state index is -0.526. The topological polar surface area (TPSA) is 82.5 Å². The van der Waals surface area contributed by atoms with Gasteiger partial charge in [-0.05, 0) is 80.4 Å². The molecule has 2 unspecified atom stereocenters. The molecule has 0 fully saturated rings. The number of benzene rings is 1. The summed E-state index contributed by atoms with van der Waals surface area (Å²) in [5.74, 6) is 0.855. The number of amides is 1. The molecule has 1 aromatic carbocycles. The zero-order valence-corrected chi connectivity index (χ0v) is 21.9. The minimum absolute atomic E-state index is 0.0532. The van der Waals surface area contributed by atoms with Gasteiger partial charge in [-0.25, -0.2) is 4.79 Å². The van der Waals surface area contributed by atoms with E-state index in [2.05, 4.69) is 33.2 Å². The Hall–Kier alpha value is -2.61. The molecule has 3 aromatic rings. The summed E-state index contributed by atoms with van der Waals surface area (Å²) >= 11 is 3.62. The van der Waals surface area contributed by atoms with Crippen LogP contribution in [0.2, 0.25) is 0 Å². The van der Waals surface area contributed by atoms with Gasteiger partial charge in [-0.2, -0.15) is 0 Å². The van der Waals surface area contributed by atoms with Crippen molar-refractivity contribution in [1.82, 2.24) is 14.9 Å². The van der Waals surface area contributed by atoms with Crippen molar-refractivity contribution in [3.8, 4) is 5.75 Å². The summed E-state index contributed by atoms with van der Waals surface area (Å²) in [6, 6.07) is 5.71. The standard InChI is InChI=1S/C25H32BrN3O4/c1-14(10-15(2)28-24(31)33-25(4,5)6)13-32-21-12-20-18(11-19(21)26)17-8-9-27-16(3)22(17)23(30)29(20)7/h8-9,11-12,14-15H,10,13H2,1-7H3,(H,28,31). The Morgan fingerprint density at radius 3 is 2.61 bits per heavy atom. The highest BCUT2D eigenvalue weighted by Gasteiger charge is 2.19. The summed E-state index contributed by atoms with van der Waals surface area (Å²) in [5.41, 5.74) is 0.909. The highest BCUT2D eigenvalue weighted by Crippen LogP contribution is 2.33. The van der Waals surface area contributed by atoms with Crippen molar-refractivity contribution < 1.29 is 14.3 Å². The molecule has 2 aromatic heterocycles. The van der Waals surface area contributed by atoms with Gasteiger partial charge in [-0.1, -0.05) is 6.92 Å². The number of carbonyl (C=O) groups excluding carboxylic acids is 1. The number of nitrogens with one attached hydrogen (secondary N) is 1. The molecule has 0 spiro atoms. The first-order chi connectivity index (χ1) is 15.4. The van der Waals surface area contributed by atoms with E-state index in [1.807, 2.05) is 52.8 Å². The van der Waals surface area contributed by atoms with E-state index in [-0.39, 0.29) is 17.5 Å². The van der Waals surface area contributed by atoms with Gasteiger partial charge in [0.05, 0.1) is 27.7 Å². The fourth-order valence-corrected chi connectivity index (χ4v) is 4.41. The van der Waals surface area contributed by atoms with Crippen molar-refractivity contribution in [1.29, 1.82) is 0 Å². The molecule has 3 rings (SSSR count). The summed E-state index contributed by atoms with van der Waals surface area (Å²) < 4.78 is 13.9. The Morgan fingerprint density at radius 1 is 1.24 bits per heavy atom. The Labute approximate surface area is 202 Å². The largest absolute Gasteiger partial charge is 0.492 e. The summed E-state index contributed by atoms with van der Waals surface area (Å²) in [6.45, 7) is 11.9. The summed E-state index contributed by atoms with van der Waals surface area (Å²) in [6.07, 6.45) is 2.04. The molecule has 8 heteroatoms. The van der Waals surface area contributed by atoms with Crippen molar-refractivity contribution in [3.63, 3.8) is 0 Å². The molecule has 0 radical (unpaired) electrons. The van der Waals surface area contributed by atoms with Crippen molar-refractivity contribution in [2.24, 2.45) is 13.0 Å². The Balaban J connectivity index is 1.75. The van der Waals surface area contributed by atoms with Crippen molar-refractivity contribution in [2.75, 3.05) is 6.61 Å². The second-order valence-corrected chi connectivity index (χ2v) is 10.5. The van der Waals surface area contributed by atoms with Gasteiger partial charge in [0.2, 0.25) is 0 Å². The van der Waals surface area contributed by atoms with Gasteiger partial charge in [-0.15, -0.1) is 0 Å². The van der Waals surface area contributed by atoms with Crippen molar-refractivity contribution >= 4 is 43.7 Å². The highest BCUT2D eigenvalue weighted by atomic mass is 79.9. The summed E-state index contributed by atoms with van der Waals surface area (Å²) in [5, 5.41) is 5.34. The van der Waals surface area contributed by atoms with Crippen LogP contribution in [-0.4, -0.2) is 33.9 Å². The zero-order chi connectivity index (χ0) is 24.5. The molecule has 2 heterocycles. The molecule has 0 bridgehead atoms. The van der Waals surface area contributed by atoms with Crippen LogP contribution in [0.25, 0.3) is 21.7 Å². The molecule has 0 saturated heterocycles. The van der Waals surface area contributed by atoms with E-state index in [1.54, 1.807) is 17.8 Å². The van der Waals surface area contributed by atoms with Crippen LogP contribution in [-0.2, 0) is 11.8 Å². The third-order valence-corrected chi connectivity index (χ3v) is 6.02. The lowest BCUT2D eigenvalue weighted by Gasteiger charge is -2.23. The monoisotopic (exact) mass is 517 g/mol. The molecule has 178 valence electrons. The maximum Gasteiger partial charge on any atom is 0.407 e. The lowest BCUT2D eigenvalue weighted by atomic mass is 10.0. The first-order valence-electron chi connectivity index (χ1n) is 11.1. The molecule has 1 amide bonds. The molecule has 2 atom stereocenters. The number of rotatable bonds is 6. The molecular weight excluding hydrogens is 486 g/mol. The van der Waals surface area contributed by atoms with Crippen molar-refractivity contribution in [2.45, 2.75) is 59.6 Å². The third kappa shape index (κ3) is 5.85. The predicted octanol–water partition coefficient (Wildman–Crippen LogP) is 5.48. The van der Waals surface area contributed by atoms with Crippen LogP contribution >= 0.6 is 15.9 Å². The van der Waals surface area contributed by atoms with Gasteiger partial charge >= 0.3 is 6.09 Å². The van der Waals surface area contributed by atoms with E-state index in [0.29, 0.717) is 17.7 Å². The molecular formula is C25H32BrN3O4. The van der Waals surface area contributed by atoms with Crippen LogP contribution in [0.15, 0.2) is 33.7 Å². The average Bonchev–Trinajstić information content (AvgIpc) is 2.69. The molecule has 0 aliphatic rings. The normalized spacial score (nSPS) is 13.7. The maximum absolute atomic E-state index is 12.9. The highest BCUT2D eigenvalue weighted by molar-refractivity contribution is 9.10. The van der Waals surface area contributed by atoms with Gasteiger partial charge < -0.3 is 19.4 Å². The molecule has 1 N–H and O–H groups in total. The SMILES string of the molecule is Cc1nccc2c1c(=O)n(C)c1cc(OCC(C)CC(C)NC(=O)OC(C)(C)C)c(Br)cc21. The van der Waals surface area contributed by atoms with E-state index in [9.17, 15) is 9.59 Å². The third-order valence-electron chi connectivity index (χ3n) is 5.40. The van der Waals surface area contributed by atoms with Crippen LogP contribution < -0.4 is 15.6 Å². The van der Waals surface area contributed by atoms with Crippen molar-refractivity contribution in [3.05, 3.63) is 44.9 Å². The Kier molecular flexibility index (Phi) is 7.36. The quantitative estimate of drug-likeness (QED) is 0.438. The van der Waals surface area contributed by atoms with Crippen LogP contribution in [0.5, 0.6) is 5.75 Å². The van der Waals surface area contributed by atoms with Crippen LogP contribution in [0.3, 0.4) is 0 Å². The Morgan fingerprint density at radius 2 is 1.94 bits per heavy atom. The Bertz CT molecular complexity index is 1250. The summed E-state index contributed by atoms with van der Waals surface area (Å²) in [7, 11) is 1.76. The van der Waals surface area contributed by atoms with Gasteiger partial charge in [-0.3, -0.25) is 9.78 Å². The van der Waals surface area contributed by atoms with Gasteiger partial charge in [0, 0.05) is 30.7 Å². The van der Waals surface area contributed by atoms with Gasteiger partial charge in [0.1, 0.15) is 11.4 Å². The maximum atomic E-state index is 12.9. The average molecular weight is 518 g/mol. The minimum Gasteiger partial charge on any atom is -0.492 e. The molecule has 0 saturated carbocycles. The molecule has 33 heavy (non-hydrogen) atoms. The predicted molar refractivity (Wildman–Crippen MR) is 135 cm³/mol. The number of nitrogens with zero attached hydrogens (tertiary/aromatic N) is 2. The fraction of sp³-hybridized carbons (Fsp3) is 0.480. The van der Waals surface area contributed by atoms with Gasteiger partial charge in [0.25, 0.3) is 5.56 Å². The molecule has 7 nitrogen and oxygen atoms in total. The van der Waals surface area contributed by atoms with E-state index in [4.69, 9.17) is 9.47 Å². The number of fused-ring (bicyclic) bond motifs is 3. The van der Waals surface area contributed by atoms with E-state index in [1.165, 1.54) is 0 Å². The first kappa shape index (κ1) is 25.0. The molecule has 0 aliphatic carbocycles. The number of aromatic nitrogens is 2. The smallest absolute Gasteiger partial charge is 0.407 e. The number of hydrogen-bond acceptors (Lipinski definition) is 5. The second-order valence-electron chi connectivity index (χ2n) is 9.68. The second kappa shape index (κ2) is 9.71. The van der Waals surface area contributed by atoms with E-state index in [0.717, 1.165) is 32.9 Å². The number of hydrogen-bond donors (Lipinski definition) is 1. The van der Waals surface area contributed by atoms with Gasteiger partial charge in [0.15, 0.2) is 0 Å². The number of halogens is 1.